The highest BCUT2D eigenvalue weighted by atomic mass is 32.1. The molecule has 1 aromatic rings. The van der Waals surface area contributed by atoms with Gasteiger partial charge < -0.3 is 10.1 Å². The van der Waals surface area contributed by atoms with Crippen LogP contribution in [0.5, 0.6) is 0 Å². The van der Waals surface area contributed by atoms with Gasteiger partial charge in [0.1, 0.15) is 0 Å². The van der Waals surface area contributed by atoms with E-state index in [-0.39, 0.29) is 0 Å². The van der Waals surface area contributed by atoms with Crippen molar-refractivity contribution in [3.63, 3.8) is 0 Å². The first-order chi connectivity index (χ1) is 8.35. The molecule has 0 aliphatic heterocycles. The molecule has 1 spiro atoms. The average molecular weight is 252 g/mol. The monoisotopic (exact) mass is 252 g/mol. The zero-order valence-electron chi connectivity index (χ0n) is 10.3. The summed E-state index contributed by atoms with van der Waals surface area (Å²) in [6.07, 6.45) is 5.74. The van der Waals surface area contributed by atoms with Crippen LogP contribution < -0.4 is 5.32 Å². The van der Waals surface area contributed by atoms with Crippen molar-refractivity contribution in [1.29, 1.82) is 0 Å². The minimum atomic E-state index is 0.464. The van der Waals surface area contributed by atoms with Crippen LogP contribution in [0.3, 0.4) is 0 Å². The molecule has 0 bridgehead atoms. The average Bonchev–Trinajstić information content (AvgIpc) is 2.72. The molecule has 0 radical (unpaired) electrons. The summed E-state index contributed by atoms with van der Waals surface area (Å²) in [6.45, 7) is 3.86. The lowest BCUT2D eigenvalue weighted by Gasteiger charge is -2.61. The van der Waals surface area contributed by atoms with Crippen molar-refractivity contribution in [3.8, 4) is 0 Å². The first kappa shape index (κ1) is 11.6. The van der Waals surface area contributed by atoms with E-state index in [1.807, 2.05) is 5.51 Å². The summed E-state index contributed by atoms with van der Waals surface area (Å²) >= 11 is 1.67. The molecule has 1 aromatic heterocycles. The molecule has 2 aliphatic carbocycles. The van der Waals surface area contributed by atoms with Crippen LogP contribution in [0.2, 0.25) is 0 Å². The smallest absolute Gasteiger partial charge is 0.0795 e. The molecule has 2 atom stereocenters. The van der Waals surface area contributed by atoms with Crippen molar-refractivity contribution < 1.29 is 4.74 Å². The normalized spacial score (nSPS) is 29.9. The molecule has 17 heavy (non-hydrogen) atoms. The molecule has 4 heteroatoms. The van der Waals surface area contributed by atoms with Gasteiger partial charge in [-0.2, -0.15) is 0 Å². The Morgan fingerprint density at radius 2 is 2.47 bits per heavy atom. The van der Waals surface area contributed by atoms with Crippen LogP contribution in [0.4, 0.5) is 0 Å². The molecule has 3 nitrogen and oxygen atoms in total. The van der Waals surface area contributed by atoms with Gasteiger partial charge in [-0.25, -0.2) is 4.98 Å². The number of hydrogen-bond acceptors (Lipinski definition) is 4. The van der Waals surface area contributed by atoms with E-state index >= 15 is 0 Å². The largest absolute Gasteiger partial charge is 0.378 e. The summed E-state index contributed by atoms with van der Waals surface area (Å²) in [4.78, 5) is 4.32. The fraction of sp³-hybridized carbons (Fsp3) is 0.769. The van der Waals surface area contributed by atoms with Gasteiger partial charge in [0.05, 0.1) is 17.3 Å². The van der Waals surface area contributed by atoms with E-state index in [0.717, 1.165) is 13.2 Å². The fourth-order valence-corrected chi connectivity index (χ4v) is 3.84. The molecule has 2 aliphatic rings. The maximum absolute atomic E-state index is 5.85. The van der Waals surface area contributed by atoms with Gasteiger partial charge >= 0.3 is 0 Å². The molecule has 94 valence electrons. The lowest BCUT2D eigenvalue weighted by molar-refractivity contribution is -0.173. The Bertz CT molecular complexity index is 362. The van der Waals surface area contributed by atoms with E-state index in [4.69, 9.17) is 4.74 Å². The third-order valence-corrected chi connectivity index (χ3v) is 5.09. The third-order valence-electron chi connectivity index (χ3n) is 4.45. The van der Waals surface area contributed by atoms with E-state index in [0.29, 0.717) is 17.6 Å². The Morgan fingerprint density at radius 3 is 3.06 bits per heavy atom. The number of aromatic nitrogens is 1. The quantitative estimate of drug-likeness (QED) is 0.874. The van der Waals surface area contributed by atoms with Crippen LogP contribution in [0, 0.1) is 5.41 Å². The van der Waals surface area contributed by atoms with Gasteiger partial charge in [0.25, 0.3) is 0 Å². The van der Waals surface area contributed by atoms with Gasteiger partial charge in [0, 0.05) is 30.0 Å². The van der Waals surface area contributed by atoms with Crippen molar-refractivity contribution in [1.82, 2.24) is 10.3 Å². The van der Waals surface area contributed by atoms with Gasteiger partial charge in [-0.1, -0.05) is 6.42 Å². The molecular weight excluding hydrogens is 232 g/mol. The fourth-order valence-electron chi connectivity index (χ4n) is 3.28. The number of rotatable bonds is 5. The summed E-state index contributed by atoms with van der Waals surface area (Å²) in [5.41, 5.74) is 3.54. The first-order valence-electron chi connectivity index (χ1n) is 6.57. The van der Waals surface area contributed by atoms with Crippen LogP contribution in [0.25, 0.3) is 0 Å². The summed E-state index contributed by atoms with van der Waals surface area (Å²) in [5.74, 6) is 0. The zero-order chi connectivity index (χ0) is 11.7. The van der Waals surface area contributed by atoms with E-state index in [2.05, 4.69) is 22.6 Å². The number of hydrogen-bond donors (Lipinski definition) is 1. The van der Waals surface area contributed by atoms with E-state index < -0.39 is 0 Å². The minimum absolute atomic E-state index is 0.464. The second-order valence-corrected chi connectivity index (χ2v) is 5.90. The van der Waals surface area contributed by atoms with Crippen molar-refractivity contribution in [2.75, 3.05) is 6.61 Å². The van der Waals surface area contributed by atoms with Crippen LogP contribution >= 0.6 is 11.3 Å². The van der Waals surface area contributed by atoms with Crippen LogP contribution in [-0.2, 0) is 11.3 Å². The molecule has 3 rings (SSSR count). The maximum atomic E-state index is 5.85. The Balaban J connectivity index is 1.55. The van der Waals surface area contributed by atoms with E-state index in [9.17, 15) is 0 Å². The van der Waals surface area contributed by atoms with Gasteiger partial charge in [0.15, 0.2) is 0 Å². The van der Waals surface area contributed by atoms with Crippen molar-refractivity contribution in [3.05, 3.63) is 16.6 Å². The second-order valence-electron chi connectivity index (χ2n) is 5.18. The van der Waals surface area contributed by atoms with Gasteiger partial charge in [-0.05, 0) is 26.2 Å². The number of nitrogens with zero attached hydrogens (tertiary/aromatic N) is 1. The number of ether oxygens (including phenoxy) is 1. The number of thiazole rings is 1. The van der Waals surface area contributed by atoms with Crippen LogP contribution in [0.1, 0.15) is 38.3 Å². The molecular formula is C13H20N2OS. The van der Waals surface area contributed by atoms with Gasteiger partial charge in [-0.15, -0.1) is 11.3 Å². The van der Waals surface area contributed by atoms with Crippen molar-refractivity contribution >= 4 is 11.3 Å². The van der Waals surface area contributed by atoms with Crippen LogP contribution in [-0.4, -0.2) is 23.7 Å². The highest BCUT2D eigenvalue weighted by Crippen LogP contribution is 2.57. The summed E-state index contributed by atoms with van der Waals surface area (Å²) in [6, 6.07) is 0.648. The molecule has 0 saturated heterocycles. The van der Waals surface area contributed by atoms with Gasteiger partial charge in [-0.3, -0.25) is 0 Å². The third kappa shape index (κ3) is 1.92. The highest BCUT2D eigenvalue weighted by Gasteiger charge is 2.58. The second kappa shape index (κ2) is 4.67. The molecule has 2 saturated carbocycles. The van der Waals surface area contributed by atoms with Crippen molar-refractivity contribution in [2.45, 2.75) is 51.3 Å². The standard InChI is InChI=1S/C13H20N2OS/c1-2-16-12-6-11(13(12)4-3-5-13)14-7-10-8-17-9-15-10/h8-9,11-12,14H,2-7H2,1H3. The lowest BCUT2D eigenvalue weighted by Crippen LogP contribution is -2.66. The Morgan fingerprint density at radius 1 is 1.59 bits per heavy atom. The minimum Gasteiger partial charge on any atom is -0.378 e. The molecule has 1 N–H and O–H groups in total. The Labute approximate surface area is 107 Å². The summed E-state index contributed by atoms with van der Waals surface area (Å²) < 4.78 is 5.85. The van der Waals surface area contributed by atoms with Crippen LogP contribution in [0.15, 0.2) is 10.9 Å². The first-order valence-corrected chi connectivity index (χ1v) is 7.51. The Kier molecular flexibility index (Phi) is 3.19. The predicted octanol–water partition coefficient (Wildman–Crippen LogP) is 2.58. The SMILES string of the molecule is CCOC1CC(NCc2cscn2)C12CCC2. The highest BCUT2D eigenvalue weighted by molar-refractivity contribution is 7.07. The maximum Gasteiger partial charge on any atom is 0.0795 e. The topological polar surface area (TPSA) is 34.1 Å². The predicted molar refractivity (Wildman–Crippen MR) is 69.1 cm³/mol. The van der Waals surface area contributed by atoms with E-state index in [1.54, 1.807) is 11.3 Å². The molecule has 2 fully saturated rings. The van der Waals surface area contributed by atoms with E-state index in [1.165, 1.54) is 31.4 Å². The molecule has 0 aromatic carbocycles. The molecule has 1 heterocycles. The number of nitrogens with one attached hydrogen (secondary N) is 1. The Hall–Kier alpha value is -0.450. The van der Waals surface area contributed by atoms with Crippen molar-refractivity contribution in [2.24, 2.45) is 5.41 Å². The molecule has 0 amide bonds. The van der Waals surface area contributed by atoms with Gasteiger partial charge in [0.2, 0.25) is 0 Å². The lowest BCUT2D eigenvalue weighted by atomic mass is 9.51. The molecule has 2 unspecified atom stereocenters. The zero-order valence-corrected chi connectivity index (χ0v) is 11.1. The summed E-state index contributed by atoms with van der Waals surface area (Å²) in [5, 5.41) is 5.79. The summed E-state index contributed by atoms with van der Waals surface area (Å²) in [7, 11) is 0.